The van der Waals surface area contributed by atoms with Gasteiger partial charge in [-0.3, -0.25) is 15.1 Å². The average Bonchev–Trinajstić information content (AvgIpc) is 2.95. The highest BCUT2D eigenvalue weighted by Gasteiger charge is 2.15. The minimum Gasteiger partial charge on any atom is -0.479 e. The van der Waals surface area contributed by atoms with Crippen LogP contribution in [0, 0.1) is 22.9 Å². The lowest BCUT2D eigenvalue weighted by Crippen LogP contribution is -1.89. The van der Waals surface area contributed by atoms with Gasteiger partial charge in [-0.15, -0.1) is 0 Å². The third-order valence-electron chi connectivity index (χ3n) is 3.47. The maximum Gasteiger partial charge on any atom is 0.312 e. The van der Waals surface area contributed by atoms with E-state index in [1.807, 2.05) is 0 Å². The number of nitro groups is 1. The second-order valence-corrected chi connectivity index (χ2v) is 5.18. The van der Waals surface area contributed by atoms with Crippen molar-refractivity contribution in [3.63, 3.8) is 0 Å². The van der Waals surface area contributed by atoms with Crippen LogP contribution in [0.25, 0.3) is 11.5 Å². The van der Waals surface area contributed by atoms with Crippen molar-refractivity contribution in [1.29, 1.82) is 0 Å². The minimum atomic E-state index is -0.540. The number of nitro benzene ring substituents is 1. The fourth-order valence-corrected chi connectivity index (χ4v) is 2.14. The van der Waals surface area contributed by atoms with Gasteiger partial charge in [0.1, 0.15) is 5.82 Å². The highest BCUT2D eigenvalue weighted by Crippen LogP contribution is 2.28. The number of aromatic nitrogens is 1. The number of oxazole rings is 1. The molecule has 1 aromatic heterocycles. The van der Waals surface area contributed by atoms with Crippen LogP contribution in [0.1, 0.15) is 11.3 Å². The molecule has 3 aromatic rings. The molecule has 0 saturated carbocycles. The molecule has 0 saturated heterocycles. The van der Waals surface area contributed by atoms with Gasteiger partial charge in [0, 0.05) is 12.1 Å². The number of hydrogen-bond acceptors (Lipinski definition) is 6. The number of benzene rings is 2. The Morgan fingerprint density at radius 2 is 2.08 bits per heavy atom. The number of nitrogens with zero attached hydrogens (tertiary/aromatic N) is 3. The Bertz CT molecular complexity index is 982. The van der Waals surface area contributed by atoms with Crippen molar-refractivity contribution in [1.82, 2.24) is 4.98 Å². The Morgan fingerprint density at radius 3 is 2.80 bits per heavy atom. The van der Waals surface area contributed by atoms with E-state index in [1.54, 1.807) is 19.1 Å². The molecule has 0 fully saturated rings. The fraction of sp³-hybridized carbons (Fsp3) is 0.0588. The van der Waals surface area contributed by atoms with E-state index in [-0.39, 0.29) is 22.8 Å². The van der Waals surface area contributed by atoms with E-state index < -0.39 is 16.7 Å². The maximum atomic E-state index is 13.8. The van der Waals surface area contributed by atoms with Gasteiger partial charge in [0.25, 0.3) is 5.69 Å². The predicted octanol–water partition coefficient (Wildman–Crippen LogP) is 4.15. The molecule has 0 spiro atoms. The van der Waals surface area contributed by atoms with Crippen molar-refractivity contribution in [2.45, 2.75) is 6.92 Å². The first-order valence-corrected chi connectivity index (χ1v) is 7.19. The van der Waals surface area contributed by atoms with Gasteiger partial charge >= 0.3 is 5.95 Å². The van der Waals surface area contributed by atoms with Gasteiger partial charge in [-0.1, -0.05) is 18.2 Å². The van der Waals surface area contributed by atoms with Crippen LogP contribution >= 0.6 is 0 Å². The second-order valence-electron chi connectivity index (χ2n) is 5.18. The quantitative estimate of drug-likeness (QED) is 0.436. The van der Waals surface area contributed by atoms with Crippen LogP contribution in [0.4, 0.5) is 15.8 Å². The number of rotatable bonds is 4. The number of aryl methyl sites for hydroxylation is 1. The Balaban J connectivity index is 1.94. The molecule has 0 aliphatic heterocycles. The van der Waals surface area contributed by atoms with Crippen molar-refractivity contribution < 1.29 is 18.8 Å². The van der Waals surface area contributed by atoms with Crippen LogP contribution in [0.2, 0.25) is 0 Å². The first kappa shape index (κ1) is 16.3. The minimum absolute atomic E-state index is 0.0100. The Morgan fingerprint density at radius 1 is 1.32 bits per heavy atom. The zero-order chi connectivity index (χ0) is 18.0. The molecule has 2 aromatic carbocycles. The maximum absolute atomic E-state index is 13.8. The monoisotopic (exact) mass is 341 g/mol. The number of non-ortho nitro benzene ring substituents is 1. The molecular weight excluding hydrogens is 329 g/mol. The first-order valence-electron chi connectivity index (χ1n) is 7.19. The van der Waals surface area contributed by atoms with Crippen LogP contribution in [0.15, 0.2) is 51.9 Å². The summed E-state index contributed by atoms with van der Waals surface area (Å²) in [5.74, 6) is -1.15. The van der Waals surface area contributed by atoms with Gasteiger partial charge in [-0.05, 0) is 24.6 Å². The van der Waals surface area contributed by atoms with E-state index in [9.17, 15) is 19.6 Å². The zero-order valence-corrected chi connectivity index (χ0v) is 13.0. The normalized spacial score (nSPS) is 11.1. The van der Waals surface area contributed by atoms with Gasteiger partial charge in [0.2, 0.25) is 5.89 Å². The molecule has 126 valence electrons. The summed E-state index contributed by atoms with van der Waals surface area (Å²) in [5.41, 5.74) is 1.05. The molecule has 8 heteroatoms. The van der Waals surface area contributed by atoms with Gasteiger partial charge in [0.05, 0.1) is 22.4 Å². The van der Waals surface area contributed by atoms with E-state index >= 15 is 0 Å². The molecule has 1 heterocycles. The summed E-state index contributed by atoms with van der Waals surface area (Å²) in [7, 11) is 0. The third kappa shape index (κ3) is 3.37. The van der Waals surface area contributed by atoms with Gasteiger partial charge in [-0.25, -0.2) is 9.37 Å². The van der Waals surface area contributed by atoms with Gasteiger partial charge in [-0.2, -0.15) is 0 Å². The van der Waals surface area contributed by atoms with Crippen molar-refractivity contribution in [3.05, 3.63) is 69.7 Å². The largest absolute Gasteiger partial charge is 0.479 e. The smallest absolute Gasteiger partial charge is 0.312 e. The lowest BCUT2D eigenvalue weighted by Gasteiger charge is -1.99. The van der Waals surface area contributed by atoms with Crippen molar-refractivity contribution >= 4 is 17.6 Å². The standard InChI is InChI=1S/C17H12FN3O4/c1-10-6-7-11(21(23)24)8-14(10)19-9-15-17(22)25-16(20-15)12-4-2-3-5-13(12)18/h2-9,22H,1H3. The Kier molecular flexibility index (Phi) is 4.25. The lowest BCUT2D eigenvalue weighted by molar-refractivity contribution is -0.384. The number of hydrogen-bond donors (Lipinski definition) is 1. The molecule has 0 radical (unpaired) electrons. The summed E-state index contributed by atoms with van der Waals surface area (Å²) in [4.78, 5) is 18.4. The fourth-order valence-electron chi connectivity index (χ4n) is 2.14. The van der Waals surface area contributed by atoms with Crippen LogP contribution in [0.3, 0.4) is 0 Å². The van der Waals surface area contributed by atoms with Crippen LogP contribution in [-0.4, -0.2) is 21.2 Å². The Labute approximate surface area is 141 Å². The van der Waals surface area contributed by atoms with Crippen LogP contribution < -0.4 is 0 Å². The molecule has 1 N–H and O–H groups in total. The highest BCUT2D eigenvalue weighted by molar-refractivity contribution is 5.83. The van der Waals surface area contributed by atoms with E-state index in [1.165, 1.54) is 36.5 Å². The highest BCUT2D eigenvalue weighted by atomic mass is 19.1. The molecule has 0 aliphatic rings. The zero-order valence-electron chi connectivity index (χ0n) is 13.0. The summed E-state index contributed by atoms with van der Waals surface area (Å²) >= 11 is 0. The molecule has 0 bridgehead atoms. The van der Waals surface area contributed by atoms with Gasteiger partial charge in [0.15, 0.2) is 5.69 Å². The SMILES string of the molecule is Cc1ccc([N+](=O)[O-])cc1N=Cc1nc(-c2ccccc2F)oc1O. The van der Waals surface area contributed by atoms with E-state index in [0.29, 0.717) is 11.3 Å². The second kappa shape index (κ2) is 6.52. The van der Waals surface area contributed by atoms with Crippen LogP contribution in [-0.2, 0) is 0 Å². The molecule has 0 unspecified atom stereocenters. The van der Waals surface area contributed by atoms with E-state index in [2.05, 4.69) is 9.98 Å². The molecule has 25 heavy (non-hydrogen) atoms. The van der Waals surface area contributed by atoms with Gasteiger partial charge < -0.3 is 9.52 Å². The average molecular weight is 341 g/mol. The summed E-state index contributed by atoms with van der Waals surface area (Å²) in [6.45, 7) is 1.74. The predicted molar refractivity (Wildman–Crippen MR) is 88.6 cm³/mol. The van der Waals surface area contributed by atoms with E-state index in [0.717, 1.165) is 0 Å². The number of halogens is 1. The molecule has 0 amide bonds. The Hall–Kier alpha value is -3.55. The molecule has 7 nitrogen and oxygen atoms in total. The number of aliphatic imine (C=N–C) groups is 1. The van der Waals surface area contributed by atoms with Crippen LogP contribution in [0.5, 0.6) is 5.95 Å². The third-order valence-corrected chi connectivity index (χ3v) is 3.47. The lowest BCUT2D eigenvalue weighted by atomic mass is 10.2. The number of aromatic hydroxyl groups is 1. The summed E-state index contributed by atoms with van der Waals surface area (Å²) < 4.78 is 18.8. The first-order chi connectivity index (χ1) is 12.0. The molecular formula is C17H12FN3O4. The van der Waals surface area contributed by atoms with Crippen molar-refractivity contribution in [3.8, 4) is 17.4 Å². The summed E-state index contributed by atoms with van der Waals surface area (Å²) in [5, 5.41) is 20.7. The summed E-state index contributed by atoms with van der Waals surface area (Å²) in [6.07, 6.45) is 1.20. The molecule has 3 rings (SSSR count). The molecule has 0 atom stereocenters. The van der Waals surface area contributed by atoms with Crippen molar-refractivity contribution in [2.75, 3.05) is 0 Å². The summed E-state index contributed by atoms with van der Waals surface area (Å²) in [6, 6.07) is 10.1. The topological polar surface area (TPSA) is 102 Å². The van der Waals surface area contributed by atoms with E-state index in [4.69, 9.17) is 4.42 Å². The van der Waals surface area contributed by atoms with Crippen molar-refractivity contribution in [2.24, 2.45) is 4.99 Å². The molecule has 0 aliphatic carbocycles.